The first kappa shape index (κ1) is 12.3. The Kier molecular flexibility index (Phi) is 2.90. The molecule has 0 radical (unpaired) electrons. The van der Waals surface area contributed by atoms with Crippen LogP contribution in [-0.4, -0.2) is 32.7 Å². The predicted molar refractivity (Wildman–Crippen MR) is 61.1 cm³/mol. The number of H-pyrrole nitrogens is 1. The van der Waals surface area contributed by atoms with Gasteiger partial charge >= 0.3 is 5.97 Å². The number of aromatic nitrogens is 2. The van der Waals surface area contributed by atoms with Crippen molar-refractivity contribution in [1.29, 1.82) is 0 Å². The molecule has 1 saturated carbocycles. The lowest BCUT2D eigenvalue weighted by molar-refractivity contribution is -0.144. The van der Waals surface area contributed by atoms with E-state index >= 15 is 0 Å². The van der Waals surface area contributed by atoms with Gasteiger partial charge in [0.15, 0.2) is 0 Å². The highest BCUT2D eigenvalue weighted by molar-refractivity contribution is 5.96. The summed E-state index contributed by atoms with van der Waals surface area (Å²) < 4.78 is 0. The fourth-order valence-corrected chi connectivity index (χ4v) is 1.76. The normalized spacial score (nSPS) is 17.8. The molecule has 0 bridgehead atoms. The van der Waals surface area contributed by atoms with Gasteiger partial charge in [0.1, 0.15) is 11.2 Å². The standard InChI is InChI=1S/C11H13N3O4/c1-11(10(17)18,6-2-3-6)12-9(16)7-4-5-8(15)14-13-7/h4-6H,2-3H2,1H3,(H,12,16)(H,14,15)(H,17,18). The van der Waals surface area contributed by atoms with Crippen molar-refractivity contribution in [3.63, 3.8) is 0 Å². The minimum Gasteiger partial charge on any atom is -0.480 e. The largest absolute Gasteiger partial charge is 0.480 e. The molecule has 0 aromatic carbocycles. The number of amides is 1. The maximum absolute atomic E-state index is 11.8. The van der Waals surface area contributed by atoms with E-state index in [0.29, 0.717) is 0 Å². The molecule has 7 heteroatoms. The Balaban J connectivity index is 2.17. The summed E-state index contributed by atoms with van der Waals surface area (Å²) in [5, 5.41) is 17.3. The molecule has 2 rings (SSSR count). The van der Waals surface area contributed by atoms with Gasteiger partial charge in [0.05, 0.1) is 0 Å². The molecular weight excluding hydrogens is 238 g/mol. The van der Waals surface area contributed by atoms with Crippen LogP contribution in [0.15, 0.2) is 16.9 Å². The SMILES string of the molecule is CC(NC(=O)c1ccc(=O)[nH]n1)(C(=O)O)C1CC1. The number of carbonyl (C=O) groups excluding carboxylic acids is 1. The highest BCUT2D eigenvalue weighted by atomic mass is 16.4. The van der Waals surface area contributed by atoms with E-state index in [1.807, 2.05) is 0 Å². The number of nitrogens with zero attached hydrogens (tertiary/aromatic N) is 1. The molecule has 1 heterocycles. The summed E-state index contributed by atoms with van der Waals surface area (Å²) in [5.41, 5.74) is -1.72. The first-order valence-electron chi connectivity index (χ1n) is 5.55. The Morgan fingerprint density at radius 3 is 2.61 bits per heavy atom. The molecule has 0 aliphatic heterocycles. The lowest BCUT2D eigenvalue weighted by Crippen LogP contribution is -2.54. The zero-order chi connectivity index (χ0) is 13.3. The van der Waals surface area contributed by atoms with Crippen LogP contribution in [-0.2, 0) is 4.79 Å². The summed E-state index contributed by atoms with van der Waals surface area (Å²) in [4.78, 5) is 33.9. The highest BCUT2D eigenvalue weighted by Gasteiger charge is 2.48. The van der Waals surface area contributed by atoms with Crippen LogP contribution in [0.3, 0.4) is 0 Å². The van der Waals surface area contributed by atoms with E-state index in [1.165, 1.54) is 13.0 Å². The molecule has 1 amide bonds. The first-order chi connectivity index (χ1) is 8.43. The number of hydrogen-bond acceptors (Lipinski definition) is 4. The predicted octanol–water partition coefficient (Wildman–Crippen LogP) is -0.247. The van der Waals surface area contributed by atoms with Crippen LogP contribution >= 0.6 is 0 Å². The number of rotatable bonds is 4. The molecule has 96 valence electrons. The highest BCUT2D eigenvalue weighted by Crippen LogP contribution is 2.39. The van der Waals surface area contributed by atoms with Crippen LogP contribution in [0.2, 0.25) is 0 Å². The van der Waals surface area contributed by atoms with Gasteiger partial charge in [-0.05, 0) is 31.7 Å². The number of hydrogen-bond donors (Lipinski definition) is 3. The van der Waals surface area contributed by atoms with Gasteiger partial charge in [-0.15, -0.1) is 0 Å². The second-order valence-corrected chi connectivity index (χ2v) is 4.54. The summed E-state index contributed by atoms with van der Waals surface area (Å²) in [6, 6.07) is 2.42. The van der Waals surface area contributed by atoms with E-state index < -0.39 is 23.0 Å². The monoisotopic (exact) mass is 251 g/mol. The third-order valence-corrected chi connectivity index (χ3v) is 3.12. The van der Waals surface area contributed by atoms with Crippen molar-refractivity contribution in [1.82, 2.24) is 15.5 Å². The second kappa shape index (κ2) is 4.25. The smallest absolute Gasteiger partial charge is 0.329 e. The third-order valence-electron chi connectivity index (χ3n) is 3.12. The Bertz CT molecular complexity index is 529. The van der Waals surface area contributed by atoms with Gasteiger partial charge in [0, 0.05) is 6.07 Å². The number of nitrogens with one attached hydrogen (secondary N) is 2. The Morgan fingerprint density at radius 1 is 1.50 bits per heavy atom. The van der Waals surface area contributed by atoms with E-state index in [2.05, 4.69) is 15.5 Å². The van der Waals surface area contributed by atoms with Crippen LogP contribution in [0.25, 0.3) is 0 Å². The number of carbonyl (C=O) groups is 2. The summed E-state index contributed by atoms with van der Waals surface area (Å²) in [6.45, 7) is 1.48. The van der Waals surface area contributed by atoms with Crippen molar-refractivity contribution < 1.29 is 14.7 Å². The number of carboxylic acids is 1. The van der Waals surface area contributed by atoms with Gasteiger partial charge in [0.25, 0.3) is 11.5 Å². The molecule has 1 aliphatic rings. The van der Waals surface area contributed by atoms with Crippen molar-refractivity contribution in [2.24, 2.45) is 5.92 Å². The fourth-order valence-electron chi connectivity index (χ4n) is 1.76. The first-order valence-corrected chi connectivity index (χ1v) is 5.55. The van der Waals surface area contributed by atoms with Crippen molar-refractivity contribution >= 4 is 11.9 Å². The maximum Gasteiger partial charge on any atom is 0.329 e. The number of aromatic amines is 1. The quantitative estimate of drug-likeness (QED) is 0.683. The van der Waals surface area contributed by atoms with E-state index in [1.54, 1.807) is 0 Å². The van der Waals surface area contributed by atoms with Gasteiger partial charge in [-0.2, -0.15) is 5.10 Å². The van der Waals surface area contributed by atoms with Crippen LogP contribution < -0.4 is 10.9 Å². The van der Waals surface area contributed by atoms with Crippen molar-refractivity contribution in [3.05, 3.63) is 28.2 Å². The molecule has 18 heavy (non-hydrogen) atoms. The number of aliphatic carboxylic acids is 1. The molecule has 1 atom stereocenters. The Morgan fingerprint density at radius 2 is 2.17 bits per heavy atom. The fraction of sp³-hybridized carbons (Fsp3) is 0.455. The average molecular weight is 251 g/mol. The molecule has 0 saturated heterocycles. The lowest BCUT2D eigenvalue weighted by Gasteiger charge is -2.25. The van der Waals surface area contributed by atoms with Crippen LogP contribution in [0.1, 0.15) is 30.3 Å². The third kappa shape index (κ3) is 2.24. The number of carboxylic acid groups (broad SMARTS) is 1. The summed E-state index contributed by atoms with van der Waals surface area (Å²) >= 11 is 0. The van der Waals surface area contributed by atoms with Crippen molar-refractivity contribution in [2.75, 3.05) is 0 Å². The zero-order valence-electron chi connectivity index (χ0n) is 9.77. The van der Waals surface area contributed by atoms with E-state index in [4.69, 9.17) is 0 Å². The van der Waals surface area contributed by atoms with Gasteiger partial charge in [0.2, 0.25) is 0 Å². The maximum atomic E-state index is 11.8. The summed E-state index contributed by atoms with van der Waals surface area (Å²) in [6.07, 6.45) is 1.56. The summed E-state index contributed by atoms with van der Waals surface area (Å²) in [7, 11) is 0. The molecule has 1 fully saturated rings. The minimum absolute atomic E-state index is 0.0114. The van der Waals surface area contributed by atoms with Gasteiger partial charge in [-0.1, -0.05) is 0 Å². The molecule has 0 spiro atoms. The Hall–Kier alpha value is -2.18. The van der Waals surface area contributed by atoms with Crippen LogP contribution in [0.5, 0.6) is 0 Å². The van der Waals surface area contributed by atoms with Crippen molar-refractivity contribution in [3.8, 4) is 0 Å². The topological polar surface area (TPSA) is 112 Å². The molecule has 1 aliphatic carbocycles. The lowest BCUT2D eigenvalue weighted by atomic mass is 9.96. The minimum atomic E-state index is -1.28. The van der Waals surface area contributed by atoms with Gasteiger partial charge < -0.3 is 10.4 Å². The van der Waals surface area contributed by atoms with Crippen molar-refractivity contribution in [2.45, 2.75) is 25.3 Å². The average Bonchev–Trinajstić information content (AvgIpc) is 3.13. The van der Waals surface area contributed by atoms with Crippen LogP contribution in [0.4, 0.5) is 0 Å². The van der Waals surface area contributed by atoms with Gasteiger partial charge in [-0.25, -0.2) is 9.89 Å². The molecule has 1 aromatic rings. The molecular formula is C11H13N3O4. The van der Waals surface area contributed by atoms with Gasteiger partial charge in [-0.3, -0.25) is 9.59 Å². The zero-order valence-corrected chi connectivity index (χ0v) is 9.77. The molecule has 3 N–H and O–H groups in total. The molecule has 1 unspecified atom stereocenters. The Labute approximate surface area is 102 Å². The molecule has 1 aromatic heterocycles. The summed E-state index contributed by atoms with van der Waals surface area (Å²) in [5.74, 6) is -1.73. The van der Waals surface area contributed by atoms with E-state index in [-0.39, 0.29) is 11.6 Å². The van der Waals surface area contributed by atoms with Crippen LogP contribution in [0, 0.1) is 5.92 Å². The van der Waals surface area contributed by atoms with E-state index in [9.17, 15) is 19.5 Å². The molecule has 7 nitrogen and oxygen atoms in total. The van der Waals surface area contributed by atoms with E-state index in [0.717, 1.165) is 18.9 Å². The second-order valence-electron chi connectivity index (χ2n) is 4.54.